The molecule has 0 aliphatic carbocycles. The Balaban J connectivity index is 2.42. The van der Waals surface area contributed by atoms with Crippen molar-refractivity contribution >= 4 is 0 Å². The monoisotopic (exact) mass is 188 g/mol. The highest BCUT2D eigenvalue weighted by atomic mass is 14.8. The normalized spacial score (nSPS) is 11.9. The van der Waals surface area contributed by atoms with E-state index in [0.717, 1.165) is 0 Å². The topological polar surface area (TPSA) is 31.6 Å². The molecule has 2 N–H and O–H groups in total. The Labute approximate surface area is 84.4 Å². The van der Waals surface area contributed by atoms with Crippen molar-refractivity contribution in [2.45, 2.75) is 26.2 Å². The van der Waals surface area contributed by atoms with Gasteiger partial charge in [-0.2, -0.15) is 0 Å². The minimum atomic E-state index is 0.0256. The van der Waals surface area contributed by atoms with E-state index in [1.807, 2.05) is 18.5 Å². The molecule has 2 heterocycles. The van der Waals surface area contributed by atoms with Gasteiger partial charge >= 0.3 is 0 Å². The molecule has 0 unspecified atom stereocenters. The number of hydrogen-bond donors (Lipinski definition) is 2. The second-order valence-corrected chi connectivity index (χ2v) is 4.30. The molecule has 0 saturated carbocycles. The minimum absolute atomic E-state index is 0.0256. The van der Waals surface area contributed by atoms with Crippen LogP contribution in [0.3, 0.4) is 0 Å². The number of aromatic amines is 2. The van der Waals surface area contributed by atoms with Crippen LogP contribution in [0.1, 0.15) is 30.8 Å². The molecule has 0 saturated heterocycles. The van der Waals surface area contributed by atoms with Crippen LogP contribution >= 0.6 is 0 Å². The van der Waals surface area contributed by atoms with Crippen molar-refractivity contribution in [2.24, 2.45) is 0 Å². The van der Waals surface area contributed by atoms with Crippen molar-refractivity contribution in [3.05, 3.63) is 47.5 Å². The van der Waals surface area contributed by atoms with Crippen LogP contribution in [0.25, 0.3) is 0 Å². The number of H-pyrrole nitrogens is 2. The molecule has 0 aliphatic rings. The van der Waals surface area contributed by atoms with E-state index >= 15 is 0 Å². The summed E-state index contributed by atoms with van der Waals surface area (Å²) in [7, 11) is 0. The van der Waals surface area contributed by atoms with Crippen LogP contribution in [0.5, 0.6) is 0 Å². The van der Waals surface area contributed by atoms with E-state index in [0.29, 0.717) is 0 Å². The van der Waals surface area contributed by atoms with Crippen molar-refractivity contribution in [3.8, 4) is 0 Å². The van der Waals surface area contributed by atoms with Crippen molar-refractivity contribution < 1.29 is 0 Å². The molecular formula is C12H16N2. The minimum Gasteiger partial charge on any atom is -0.364 e. The Morgan fingerprint density at radius 2 is 1.93 bits per heavy atom. The van der Waals surface area contributed by atoms with Crippen LogP contribution in [0, 0.1) is 6.92 Å². The molecule has 0 aliphatic heterocycles. The molecule has 0 spiro atoms. The first kappa shape index (κ1) is 9.13. The van der Waals surface area contributed by atoms with Crippen molar-refractivity contribution in [1.82, 2.24) is 9.97 Å². The Hall–Kier alpha value is -1.44. The average Bonchev–Trinajstić information content (AvgIpc) is 2.72. The fourth-order valence-electron chi connectivity index (χ4n) is 1.73. The van der Waals surface area contributed by atoms with Gasteiger partial charge in [0.25, 0.3) is 0 Å². The van der Waals surface area contributed by atoms with Crippen molar-refractivity contribution in [3.63, 3.8) is 0 Å². The molecular weight excluding hydrogens is 172 g/mol. The summed E-state index contributed by atoms with van der Waals surface area (Å²) >= 11 is 0. The highest BCUT2D eigenvalue weighted by molar-refractivity contribution is 5.31. The SMILES string of the molecule is Cc1c[nH]c(C(C)(C)c2ccc[nH]2)c1. The van der Waals surface area contributed by atoms with E-state index in [9.17, 15) is 0 Å². The fourth-order valence-corrected chi connectivity index (χ4v) is 1.73. The first-order valence-corrected chi connectivity index (χ1v) is 4.90. The second-order valence-electron chi connectivity index (χ2n) is 4.30. The molecule has 2 heteroatoms. The van der Waals surface area contributed by atoms with Crippen LogP contribution < -0.4 is 0 Å². The summed E-state index contributed by atoms with van der Waals surface area (Å²) in [5, 5.41) is 0. The van der Waals surface area contributed by atoms with E-state index in [4.69, 9.17) is 0 Å². The van der Waals surface area contributed by atoms with Gasteiger partial charge in [-0.1, -0.05) is 0 Å². The Kier molecular flexibility index (Phi) is 1.99. The number of rotatable bonds is 2. The Morgan fingerprint density at radius 1 is 1.14 bits per heavy atom. The van der Waals surface area contributed by atoms with Gasteiger partial charge in [0.2, 0.25) is 0 Å². The summed E-state index contributed by atoms with van der Waals surface area (Å²) in [5.74, 6) is 0. The predicted octanol–water partition coefficient (Wildman–Crippen LogP) is 2.98. The summed E-state index contributed by atoms with van der Waals surface area (Å²) in [6.45, 7) is 6.53. The van der Waals surface area contributed by atoms with Gasteiger partial charge in [0.15, 0.2) is 0 Å². The molecule has 0 radical (unpaired) electrons. The van der Waals surface area contributed by atoms with Gasteiger partial charge in [0.1, 0.15) is 0 Å². The molecule has 0 amide bonds. The van der Waals surface area contributed by atoms with Crippen LogP contribution in [0.2, 0.25) is 0 Å². The van der Waals surface area contributed by atoms with E-state index < -0.39 is 0 Å². The molecule has 0 fully saturated rings. The maximum Gasteiger partial charge on any atom is 0.0447 e. The third kappa shape index (κ3) is 1.37. The van der Waals surface area contributed by atoms with Gasteiger partial charge < -0.3 is 9.97 Å². The standard InChI is InChI=1S/C12H16N2/c1-9-7-11(14-8-9)12(2,3)10-5-4-6-13-10/h4-8,13-14H,1-3H3. The van der Waals surface area contributed by atoms with Gasteiger partial charge in [0.05, 0.1) is 0 Å². The maximum atomic E-state index is 3.31. The van der Waals surface area contributed by atoms with E-state index in [-0.39, 0.29) is 5.41 Å². The molecule has 0 aromatic carbocycles. The van der Waals surface area contributed by atoms with Crippen LogP contribution in [0.4, 0.5) is 0 Å². The largest absolute Gasteiger partial charge is 0.364 e. The molecule has 2 rings (SSSR count). The van der Waals surface area contributed by atoms with Crippen molar-refractivity contribution in [2.75, 3.05) is 0 Å². The third-order valence-corrected chi connectivity index (χ3v) is 2.77. The first-order valence-electron chi connectivity index (χ1n) is 4.90. The van der Waals surface area contributed by atoms with Crippen LogP contribution in [-0.4, -0.2) is 9.97 Å². The number of aryl methyl sites for hydroxylation is 1. The fraction of sp³-hybridized carbons (Fsp3) is 0.333. The van der Waals surface area contributed by atoms with E-state index in [2.05, 4.69) is 42.9 Å². The highest BCUT2D eigenvalue weighted by Gasteiger charge is 2.24. The lowest BCUT2D eigenvalue weighted by atomic mass is 9.86. The highest BCUT2D eigenvalue weighted by Crippen LogP contribution is 2.29. The molecule has 14 heavy (non-hydrogen) atoms. The average molecular weight is 188 g/mol. The molecule has 2 aromatic heterocycles. The Morgan fingerprint density at radius 3 is 2.43 bits per heavy atom. The maximum absolute atomic E-state index is 3.31. The summed E-state index contributed by atoms with van der Waals surface area (Å²) in [5.41, 5.74) is 3.79. The smallest absolute Gasteiger partial charge is 0.0447 e. The molecule has 2 aromatic rings. The van der Waals surface area contributed by atoms with Gasteiger partial charge in [-0.3, -0.25) is 0 Å². The van der Waals surface area contributed by atoms with Gasteiger partial charge in [-0.25, -0.2) is 0 Å². The molecule has 0 atom stereocenters. The predicted molar refractivity (Wildman–Crippen MR) is 58.5 cm³/mol. The summed E-state index contributed by atoms with van der Waals surface area (Å²) in [6, 6.07) is 6.35. The quantitative estimate of drug-likeness (QED) is 0.726. The van der Waals surface area contributed by atoms with Gasteiger partial charge in [0, 0.05) is 29.2 Å². The van der Waals surface area contributed by atoms with Crippen LogP contribution in [-0.2, 0) is 5.41 Å². The second kappa shape index (κ2) is 3.05. The molecule has 74 valence electrons. The molecule has 2 nitrogen and oxygen atoms in total. The Bertz CT molecular complexity index is 407. The summed E-state index contributed by atoms with van der Waals surface area (Å²) in [4.78, 5) is 6.58. The van der Waals surface area contributed by atoms with Gasteiger partial charge in [-0.15, -0.1) is 0 Å². The zero-order valence-corrected chi connectivity index (χ0v) is 8.89. The number of hydrogen-bond acceptors (Lipinski definition) is 0. The summed E-state index contributed by atoms with van der Waals surface area (Å²) in [6.07, 6.45) is 4.01. The lowest BCUT2D eigenvalue weighted by molar-refractivity contribution is 0.603. The zero-order valence-electron chi connectivity index (χ0n) is 8.89. The number of nitrogens with one attached hydrogen (secondary N) is 2. The lowest BCUT2D eigenvalue weighted by Gasteiger charge is -2.22. The van der Waals surface area contributed by atoms with E-state index in [1.54, 1.807) is 0 Å². The lowest BCUT2D eigenvalue weighted by Crippen LogP contribution is -2.19. The van der Waals surface area contributed by atoms with E-state index in [1.165, 1.54) is 17.0 Å². The van der Waals surface area contributed by atoms with Crippen molar-refractivity contribution in [1.29, 1.82) is 0 Å². The zero-order chi connectivity index (χ0) is 10.2. The summed E-state index contributed by atoms with van der Waals surface area (Å²) < 4.78 is 0. The van der Waals surface area contributed by atoms with Gasteiger partial charge in [-0.05, 0) is 44.5 Å². The van der Waals surface area contributed by atoms with Crippen LogP contribution in [0.15, 0.2) is 30.6 Å². The first-order chi connectivity index (χ1) is 6.60. The third-order valence-electron chi connectivity index (χ3n) is 2.77. The number of aromatic nitrogens is 2. The molecule has 0 bridgehead atoms.